The standard InChI is InChI=1S/C14H24N2O/c1-15-9-13(17)16(2)14-6-10-3-11(7-14)5-12(4-10)8-14/h10-12,15H,3-9H2,1-2H3. The first-order valence-corrected chi connectivity index (χ1v) is 7.04. The molecule has 0 atom stereocenters. The molecule has 0 aromatic heterocycles. The number of carbonyl (C=O) groups excluding carboxylic acids is 1. The molecule has 0 radical (unpaired) electrons. The highest BCUT2D eigenvalue weighted by Gasteiger charge is 2.53. The van der Waals surface area contributed by atoms with Crippen molar-refractivity contribution in [3.05, 3.63) is 0 Å². The molecule has 4 aliphatic rings. The van der Waals surface area contributed by atoms with E-state index in [2.05, 4.69) is 10.2 Å². The molecule has 0 saturated heterocycles. The Labute approximate surface area is 104 Å². The summed E-state index contributed by atoms with van der Waals surface area (Å²) < 4.78 is 0. The van der Waals surface area contributed by atoms with Crippen LogP contribution < -0.4 is 5.32 Å². The predicted molar refractivity (Wildman–Crippen MR) is 67.6 cm³/mol. The van der Waals surface area contributed by atoms with E-state index in [4.69, 9.17) is 0 Å². The molecule has 4 bridgehead atoms. The van der Waals surface area contributed by atoms with Gasteiger partial charge in [0.2, 0.25) is 5.91 Å². The van der Waals surface area contributed by atoms with Crippen molar-refractivity contribution < 1.29 is 4.79 Å². The number of hydrogen-bond acceptors (Lipinski definition) is 2. The summed E-state index contributed by atoms with van der Waals surface area (Å²) >= 11 is 0. The van der Waals surface area contributed by atoms with Crippen LogP contribution in [-0.4, -0.2) is 37.0 Å². The summed E-state index contributed by atoms with van der Waals surface area (Å²) in [5.41, 5.74) is 0.225. The first-order chi connectivity index (χ1) is 8.13. The summed E-state index contributed by atoms with van der Waals surface area (Å²) in [5.74, 6) is 3.00. The molecule has 0 unspecified atom stereocenters. The highest BCUT2D eigenvalue weighted by molar-refractivity contribution is 5.78. The molecule has 4 saturated carbocycles. The average Bonchev–Trinajstić information content (AvgIpc) is 2.26. The Balaban J connectivity index is 1.79. The topological polar surface area (TPSA) is 32.3 Å². The minimum atomic E-state index is 0.225. The molecule has 4 fully saturated rings. The van der Waals surface area contributed by atoms with Crippen LogP contribution in [-0.2, 0) is 4.79 Å². The van der Waals surface area contributed by atoms with Crippen LogP contribution in [0.5, 0.6) is 0 Å². The lowest BCUT2D eigenvalue weighted by Crippen LogP contribution is -2.61. The molecule has 4 aliphatic carbocycles. The summed E-state index contributed by atoms with van der Waals surface area (Å²) in [6, 6.07) is 0. The second-order valence-electron chi connectivity index (χ2n) is 6.62. The number of amides is 1. The van der Waals surface area contributed by atoms with Gasteiger partial charge < -0.3 is 10.2 Å². The third-order valence-electron chi connectivity index (χ3n) is 5.42. The van der Waals surface area contributed by atoms with Gasteiger partial charge in [0.25, 0.3) is 0 Å². The molecular formula is C14H24N2O. The normalized spacial score (nSPS) is 42.8. The molecule has 0 aromatic carbocycles. The van der Waals surface area contributed by atoms with Gasteiger partial charge >= 0.3 is 0 Å². The molecular weight excluding hydrogens is 212 g/mol. The zero-order valence-electron chi connectivity index (χ0n) is 11.0. The molecule has 0 aliphatic heterocycles. The van der Waals surface area contributed by atoms with E-state index < -0.39 is 0 Å². The fourth-order valence-corrected chi connectivity index (χ4v) is 5.01. The molecule has 0 aromatic rings. The smallest absolute Gasteiger partial charge is 0.236 e. The van der Waals surface area contributed by atoms with Gasteiger partial charge in [-0.2, -0.15) is 0 Å². The molecule has 17 heavy (non-hydrogen) atoms. The maximum absolute atomic E-state index is 12.1. The van der Waals surface area contributed by atoms with Crippen molar-refractivity contribution in [1.82, 2.24) is 10.2 Å². The maximum atomic E-state index is 12.1. The molecule has 3 nitrogen and oxygen atoms in total. The number of carbonyl (C=O) groups is 1. The van der Waals surface area contributed by atoms with Gasteiger partial charge in [-0.25, -0.2) is 0 Å². The van der Waals surface area contributed by atoms with Crippen LogP contribution >= 0.6 is 0 Å². The minimum Gasteiger partial charge on any atom is -0.339 e. The van der Waals surface area contributed by atoms with Gasteiger partial charge in [0.1, 0.15) is 0 Å². The summed E-state index contributed by atoms with van der Waals surface area (Å²) in [6.45, 7) is 0.484. The van der Waals surface area contributed by atoms with Crippen molar-refractivity contribution in [3.8, 4) is 0 Å². The first-order valence-electron chi connectivity index (χ1n) is 7.04. The number of likely N-dealkylation sites (N-methyl/N-ethyl adjacent to an activating group) is 2. The molecule has 1 N–H and O–H groups in total. The highest BCUT2D eigenvalue weighted by atomic mass is 16.2. The zero-order valence-corrected chi connectivity index (χ0v) is 11.0. The zero-order chi connectivity index (χ0) is 12.0. The van der Waals surface area contributed by atoms with Crippen molar-refractivity contribution in [1.29, 1.82) is 0 Å². The van der Waals surface area contributed by atoms with E-state index in [9.17, 15) is 4.79 Å². The highest BCUT2D eigenvalue weighted by Crippen LogP contribution is 2.57. The van der Waals surface area contributed by atoms with E-state index in [1.807, 2.05) is 14.1 Å². The van der Waals surface area contributed by atoms with E-state index in [1.165, 1.54) is 38.5 Å². The van der Waals surface area contributed by atoms with Gasteiger partial charge in [-0.15, -0.1) is 0 Å². The average molecular weight is 236 g/mol. The lowest BCUT2D eigenvalue weighted by Gasteiger charge is -2.59. The van der Waals surface area contributed by atoms with Crippen LogP contribution in [0.4, 0.5) is 0 Å². The number of rotatable bonds is 3. The molecule has 4 rings (SSSR count). The lowest BCUT2D eigenvalue weighted by molar-refractivity contribution is -0.146. The summed E-state index contributed by atoms with van der Waals surface area (Å²) in [7, 11) is 3.89. The van der Waals surface area contributed by atoms with Gasteiger partial charge in [-0.1, -0.05) is 0 Å². The van der Waals surface area contributed by atoms with Crippen LogP contribution in [0.1, 0.15) is 38.5 Å². The first kappa shape index (κ1) is 11.5. The van der Waals surface area contributed by atoms with E-state index in [1.54, 1.807) is 0 Å². The quantitative estimate of drug-likeness (QED) is 0.808. The monoisotopic (exact) mass is 236 g/mol. The Kier molecular flexibility index (Phi) is 2.69. The van der Waals surface area contributed by atoms with Gasteiger partial charge in [-0.3, -0.25) is 4.79 Å². The van der Waals surface area contributed by atoms with Gasteiger partial charge in [0, 0.05) is 12.6 Å². The van der Waals surface area contributed by atoms with Crippen LogP contribution in [0.15, 0.2) is 0 Å². The molecule has 96 valence electrons. The van der Waals surface area contributed by atoms with Crippen LogP contribution in [0.25, 0.3) is 0 Å². The second-order valence-corrected chi connectivity index (χ2v) is 6.62. The van der Waals surface area contributed by atoms with Crippen LogP contribution in [0.3, 0.4) is 0 Å². The Morgan fingerprint density at radius 3 is 2.06 bits per heavy atom. The largest absolute Gasteiger partial charge is 0.339 e. The summed E-state index contributed by atoms with van der Waals surface area (Å²) in [4.78, 5) is 14.2. The summed E-state index contributed by atoms with van der Waals surface area (Å²) in [6.07, 6.45) is 8.12. The second kappa shape index (κ2) is 3.98. The van der Waals surface area contributed by atoms with Crippen LogP contribution in [0, 0.1) is 17.8 Å². The van der Waals surface area contributed by atoms with Gasteiger partial charge in [-0.05, 0) is 63.3 Å². The van der Waals surface area contributed by atoms with Crippen molar-refractivity contribution in [2.24, 2.45) is 17.8 Å². The predicted octanol–water partition coefficient (Wildman–Crippen LogP) is 1.63. The van der Waals surface area contributed by atoms with Gasteiger partial charge in [0.05, 0.1) is 6.54 Å². The van der Waals surface area contributed by atoms with E-state index in [0.29, 0.717) is 6.54 Å². The number of hydrogen-bond donors (Lipinski definition) is 1. The van der Waals surface area contributed by atoms with Gasteiger partial charge in [0.15, 0.2) is 0 Å². The maximum Gasteiger partial charge on any atom is 0.236 e. The molecule has 3 heteroatoms. The molecule has 1 amide bonds. The number of nitrogens with one attached hydrogen (secondary N) is 1. The lowest BCUT2D eigenvalue weighted by atomic mass is 9.52. The minimum absolute atomic E-state index is 0.225. The molecule has 0 heterocycles. The number of nitrogens with zero attached hydrogens (tertiary/aromatic N) is 1. The summed E-state index contributed by atoms with van der Waals surface area (Å²) in [5, 5.41) is 2.99. The van der Waals surface area contributed by atoms with Crippen LogP contribution in [0.2, 0.25) is 0 Å². The molecule has 0 spiro atoms. The Bertz CT molecular complexity index is 291. The third kappa shape index (κ3) is 1.79. The fraction of sp³-hybridized carbons (Fsp3) is 0.929. The Hall–Kier alpha value is -0.570. The van der Waals surface area contributed by atoms with Crippen molar-refractivity contribution >= 4 is 5.91 Å². The Morgan fingerprint density at radius 2 is 1.65 bits per heavy atom. The van der Waals surface area contributed by atoms with E-state index in [-0.39, 0.29) is 11.4 Å². The van der Waals surface area contributed by atoms with E-state index in [0.717, 1.165) is 17.8 Å². The fourth-order valence-electron chi connectivity index (χ4n) is 5.01. The van der Waals surface area contributed by atoms with Crippen molar-refractivity contribution in [2.45, 2.75) is 44.1 Å². The Morgan fingerprint density at radius 1 is 1.18 bits per heavy atom. The van der Waals surface area contributed by atoms with Crippen molar-refractivity contribution in [3.63, 3.8) is 0 Å². The SMILES string of the molecule is CNCC(=O)N(C)C12CC3CC(CC(C3)C1)C2. The third-order valence-corrected chi connectivity index (χ3v) is 5.42. The van der Waals surface area contributed by atoms with E-state index >= 15 is 0 Å². The van der Waals surface area contributed by atoms with Crippen molar-refractivity contribution in [2.75, 3.05) is 20.6 Å².